The summed E-state index contributed by atoms with van der Waals surface area (Å²) in [6.07, 6.45) is 2.75. The summed E-state index contributed by atoms with van der Waals surface area (Å²) in [7, 11) is 0. The summed E-state index contributed by atoms with van der Waals surface area (Å²) < 4.78 is 5.40. The van der Waals surface area contributed by atoms with E-state index in [-0.39, 0.29) is 11.7 Å². The highest BCUT2D eigenvalue weighted by atomic mass is 16.5. The Bertz CT molecular complexity index is 617. The largest absolute Gasteiger partial charge is 0.379 e. The molecule has 0 saturated carbocycles. The van der Waals surface area contributed by atoms with Gasteiger partial charge < -0.3 is 9.64 Å². The molecule has 1 aromatic carbocycles. The van der Waals surface area contributed by atoms with Crippen molar-refractivity contribution in [1.82, 2.24) is 9.80 Å². The number of piperidine rings is 1. The van der Waals surface area contributed by atoms with Gasteiger partial charge in [-0.1, -0.05) is 24.3 Å². The van der Waals surface area contributed by atoms with Crippen molar-refractivity contribution < 1.29 is 14.3 Å². The normalized spacial score (nSPS) is 19.5. The first-order chi connectivity index (χ1) is 12.6. The highest BCUT2D eigenvalue weighted by molar-refractivity contribution is 5.99. The third-order valence-electron chi connectivity index (χ3n) is 5.60. The molecule has 5 heteroatoms. The Morgan fingerprint density at radius 1 is 1.04 bits per heavy atom. The Hall–Kier alpha value is -1.72. The number of hydrogen-bond acceptors (Lipinski definition) is 4. The monoisotopic (exact) mass is 358 g/mol. The lowest BCUT2D eigenvalue weighted by Crippen LogP contribution is -2.44. The number of benzene rings is 1. The van der Waals surface area contributed by atoms with Crippen LogP contribution in [-0.4, -0.2) is 67.4 Å². The maximum absolute atomic E-state index is 12.5. The van der Waals surface area contributed by atoms with E-state index in [2.05, 4.69) is 4.90 Å². The Morgan fingerprint density at radius 2 is 1.73 bits per heavy atom. The van der Waals surface area contributed by atoms with Crippen LogP contribution in [0.5, 0.6) is 0 Å². The molecule has 5 nitrogen and oxygen atoms in total. The first-order valence-electron chi connectivity index (χ1n) is 9.80. The number of rotatable bonds is 6. The van der Waals surface area contributed by atoms with E-state index in [1.165, 1.54) is 0 Å². The van der Waals surface area contributed by atoms with E-state index >= 15 is 0 Å². The quantitative estimate of drug-likeness (QED) is 0.733. The molecule has 0 unspecified atom stereocenters. The van der Waals surface area contributed by atoms with Gasteiger partial charge in [-0.25, -0.2) is 0 Å². The molecule has 142 valence electrons. The van der Waals surface area contributed by atoms with Gasteiger partial charge in [0.15, 0.2) is 5.78 Å². The first-order valence-corrected chi connectivity index (χ1v) is 9.80. The van der Waals surface area contributed by atoms with E-state index < -0.39 is 0 Å². The van der Waals surface area contributed by atoms with Gasteiger partial charge in [0.2, 0.25) is 5.91 Å². The summed E-state index contributed by atoms with van der Waals surface area (Å²) in [5, 5.41) is 0. The molecule has 2 aliphatic heterocycles. The molecule has 1 aromatic rings. The summed E-state index contributed by atoms with van der Waals surface area (Å²) in [4.78, 5) is 29.2. The van der Waals surface area contributed by atoms with Gasteiger partial charge in [-0.3, -0.25) is 14.5 Å². The summed E-state index contributed by atoms with van der Waals surface area (Å²) in [6.45, 7) is 8.45. The zero-order valence-corrected chi connectivity index (χ0v) is 15.8. The van der Waals surface area contributed by atoms with E-state index in [1.54, 1.807) is 0 Å². The van der Waals surface area contributed by atoms with Crippen LogP contribution in [0.3, 0.4) is 0 Å². The number of morpholine rings is 1. The standard InChI is InChI=1S/C21H30N2O3/c1-17-4-2-3-5-19(17)20(24)6-7-21(25)23-10-8-18(9-11-23)16-22-12-14-26-15-13-22/h2-5,18H,6-16H2,1H3. The van der Waals surface area contributed by atoms with Gasteiger partial charge in [-0.05, 0) is 31.2 Å². The third-order valence-corrected chi connectivity index (χ3v) is 5.60. The van der Waals surface area contributed by atoms with Crippen molar-refractivity contribution in [3.63, 3.8) is 0 Å². The minimum absolute atomic E-state index is 0.0682. The molecule has 2 saturated heterocycles. The molecular formula is C21H30N2O3. The second kappa shape index (κ2) is 9.28. The Balaban J connectivity index is 1.39. The molecule has 0 radical (unpaired) electrons. The lowest BCUT2D eigenvalue weighted by Gasteiger charge is -2.36. The predicted octanol–water partition coefficient (Wildman–Crippen LogP) is 2.53. The number of likely N-dealkylation sites (tertiary alicyclic amines) is 1. The van der Waals surface area contributed by atoms with E-state index in [1.807, 2.05) is 36.1 Å². The van der Waals surface area contributed by atoms with E-state index in [0.29, 0.717) is 18.8 Å². The van der Waals surface area contributed by atoms with Gasteiger partial charge in [0.05, 0.1) is 13.2 Å². The van der Waals surface area contributed by atoms with Crippen LogP contribution in [0.1, 0.15) is 41.6 Å². The van der Waals surface area contributed by atoms with Gasteiger partial charge >= 0.3 is 0 Å². The van der Waals surface area contributed by atoms with Gasteiger partial charge in [-0.15, -0.1) is 0 Å². The number of nitrogens with zero attached hydrogens (tertiary/aromatic N) is 2. The average molecular weight is 358 g/mol. The average Bonchev–Trinajstić information content (AvgIpc) is 2.67. The zero-order chi connectivity index (χ0) is 18.4. The van der Waals surface area contributed by atoms with Crippen LogP contribution < -0.4 is 0 Å². The maximum atomic E-state index is 12.5. The van der Waals surface area contributed by atoms with Crippen LogP contribution >= 0.6 is 0 Å². The number of carbonyl (C=O) groups is 2. The van der Waals surface area contributed by atoms with Gasteiger partial charge in [0, 0.05) is 51.1 Å². The Kier molecular flexibility index (Phi) is 6.80. The topological polar surface area (TPSA) is 49.9 Å². The molecule has 0 N–H and O–H groups in total. The molecule has 2 heterocycles. The molecule has 0 aliphatic carbocycles. The number of ether oxygens (including phenoxy) is 1. The molecular weight excluding hydrogens is 328 g/mol. The fraction of sp³-hybridized carbons (Fsp3) is 0.619. The van der Waals surface area contributed by atoms with Crippen molar-refractivity contribution in [3.8, 4) is 0 Å². The number of aryl methyl sites for hydroxylation is 1. The minimum atomic E-state index is 0.0682. The van der Waals surface area contributed by atoms with Gasteiger partial charge in [-0.2, -0.15) is 0 Å². The van der Waals surface area contributed by atoms with E-state index in [4.69, 9.17) is 4.74 Å². The predicted molar refractivity (Wildman–Crippen MR) is 101 cm³/mol. The fourth-order valence-corrected chi connectivity index (χ4v) is 3.91. The molecule has 0 bridgehead atoms. The minimum Gasteiger partial charge on any atom is -0.379 e. The summed E-state index contributed by atoms with van der Waals surface area (Å²) in [6, 6.07) is 7.59. The smallest absolute Gasteiger partial charge is 0.223 e. The molecule has 0 spiro atoms. The van der Waals surface area contributed by atoms with Crippen LogP contribution in [0.2, 0.25) is 0 Å². The van der Waals surface area contributed by atoms with Crippen LogP contribution in [0.15, 0.2) is 24.3 Å². The maximum Gasteiger partial charge on any atom is 0.223 e. The number of ketones is 1. The van der Waals surface area contributed by atoms with Crippen molar-refractivity contribution in [3.05, 3.63) is 35.4 Å². The number of carbonyl (C=O) groups excluding carboxylic acids is 2. The van der Waals surface area contributed by atoms with E-state index in [0.717, 1.165) is 69.9 Å². The second-order valence-corrected chi connectivity index (χ2v) is 7.48. The lowest BCUT2D eigenvalue weighted by atomic mass is 9.95. The highest BCUT2D eigenvalue weighted by Gasteiger charge is 2.25. The van der Waals surface area contributed by atoms with Gasteiger partial charge in [0.25, 0.3) is 0 Å². The lowest BCUT2D eigenvalue weighted by molar-refractivity contribution is -0.132. The van der Waals surface area contributed by atoms with Crippen molar-refractivity contribution >= 4 is 11.7 Å². The fourth-order valence-electron chi connectivity index (χ4n) is 3.91. The third kappa shape index (κ3) is 5.15. The molecule has 3 rings (SSSR count). The molecule has 0 atom stereocenters. The SMILES string of the molecule is Cc1ccccc1C(=O)CCC(=O)N1CCC(CN2CCOCC2)CC1. The number of hydrogen-bond donors (Lipinski definition) is 0. The molecule has 2 fully saturated rings. The van der Waals surface area contributed by atoms with Crippen LogP contribution in [0.4, 0.5) is 0 Å². The number of amides is 1. The van der Waals surface area contributed by atoms with Crippen molar-refractivity contribution in [2.75, 3.05) is 45.9 Å². The molecule has 2 aliphatic rings. The Morgan fingerprint density at radius 3 is 2.42 bits per heavy atom. The Labute approximate surface area is 156 Å². The van der Waals surface area contributed by atoms with Crippen molar-refractivity contribution in [2.24, 2.45) is 5.92 Å². The summed E-state index contributed by atoms with van der Waals surface area (Å²) >= 11 is 0. The summed E-state index contributed by atoms with van der Waals surface area (Å²) in [5.41, 5.74) is 1.72. The second-order valence-electron chi connectivity index (χ2n) is 7.48. The van der Waals surface area contributed by atoms with Crippen LogP contribution in [0, 0.1) is 12.8 Å². The van der Waals surface area contributed by atoms with Gasteiger partial charge in [0.1, 0.15) is 0 Å². The molecule has 0 aromatic heterocycles. The van der Waals surface area contributed by atoms with Crippen LogP contribution in [0.25, 0.3) is 0 Å². The van der Waals surface area contributed by atoms with Crippen molar-refractivity contribution in [1.29, 1.82) is 0 Å². The summed E-state index contributed by atoms with van der Waals surface area (Å²) in [5.74, 6) is 0.862. The first kappa shape index (κ1) is 19.1. The molecule has 1 amide bonds. The highest BCUT2D eigenvalue weighted by Crippen LogP contribution is 2.20. The van der Waals surface area contributed by atoms with Crippen molar-refractivity contribution in [2.45, 2.75) is 32.6 Å². The number of Topliss-reactive ketones (excluding diaryl/α,β-unsaturated/α-hetero) is 1. The van der Waals surface area contributed by atoms with Crippen LogP contribution in [-0.2, 0) is 9.53 Å². The van der Waals surface area contributed by atoms with E-state index in [9.17, 15) is 9.59 Å². The zero-order valence-electron chi connectivity index (χ0n) is 15.8. The molecule has 26 heavy (non-hydrogen) atoms.